The largest absolute Gasteiger partial charge is 0.482 e. The van der Waals surface area contributed by atoms with Crippen LogP contribution in [0, 0.1) is 23.2 Å². The molecule has 0 radical (unpaired) electrons. The van der Waals surface area contributed by atoms with Crippen LogP contribution in [0.1, 0.15) is 99.5 Å². The maximum atomic E-state index is 13.0. The molecule has 1 N–H and O–H groups in total. The zero-order valence-electron chi connectivity index (χ0n) is 25.2. The molecule has 4 fully saturated rings. The fourth-order valence-electron chi connectivity index (χ4n) is 7.07. The van der Waals surface area contributed by atoms with Crippen LogP contribution >= 0.6 is 0 Å². The molecule has 0 unspecified atom stereocenters. The Morgan fingerprint density at radius 3 is 2.41 bits per heavy atom. The Balaban J connectivity index is 1.45. The van der Waals surface area contributed by atoms with Crippen molar-refractivity contribution >= 4 is 19.2 Å². The van der Waals surface area contributed by atoms with E-state index in [1.54, 1.807) is 0 Å². The van der Waals surface area contributed by atoms with Crippen molar-refractivity contribution in [3.63, 3.8) is 0 Å². The van der Waals surface area contributed by atoms with Crippen LogP contribution in [0.15, 0.2) is 30.3 Å². The molecule has 3 aliphatic carbocycles. The normalized spacial score (nSPS) is 30.5. The smallest absolute Gasteiger partial charge is 0.460 e. The number of alkyl carbamates (subject to hydrolysis) is 1. The second-order valence-corrected chi connectivity index (χ2v) is 13.9. The summed E-state index contributed by atoms with van der Waals surface area (Å²) < 4.78 is 24.6. The third-order valence-corrected chi connectivity index (χ3v) is 9.74. The molecule has 3 saturated carbocycles. The van der Waals surface area contributed by atoms with Gasteiger partial charge in [-0.2, -0.15) is 0 Å². The number of esters is 1. The first-order chi connectivity index (χ1) is 18.2. The summed E-state index contributed by atoms with van der Waals surface area (Å²) in [4.78, 5) is 25.5. The molecule has 1 aliphatic heterocycles. The van der Waals surface area contributed by atoms with Gasteiger partial charge < -0.3 is 24.1 Å². The van der Waals surface area contributed by atoms with E-state index in [1.807, 2.05) is 51.1 Å². The summed E-state index contributed by atoms with van der Waals surface area (Å²) in [5, 5.41) is 3.07. The minimum atomic E-state index is -0.585. The van der Waals surface area contributed by atoms with Crippen LogP contribution < -0.4 is 5.32 Å². The second kappa shape index (κ2) is 11.1. The fraction of sp³-hybridized carbons (Fsp3) is 0.742. The van der Waals surface area contributed by atoms with Gasteiger partial charge in [-0.05, 0) is 89.0 Å². The Hall–Kier alpha value is -2.06. The molecule has 7 nitrogen and oxygen atoms in total. The first kappa shape index (κ1) is 29.9. The van der Waals surface area contributed by atoms with E-state index >= 15 is 0 Å². The summed E-state index contributed by atoms with van der Waals surface area (Å²) in [6.07, 6.45) is 4.13. The first-order valence-corrected chi connectivity index (χ1v) is 14.7. The molecule has 0 spiro atoms. The first-order valence-electron chi connectivity index (χ1n) is 14.7. The van der Waals surface area contributed by atoms with E-state index in [1.165, 1.54) is 0 Å². The topological polar surface area (TPSA) is 83.1 Å². The van der Waals surface area contributed by atoms with Crippen LogP contribution in [0.2, 0.25) is 0 Å². The monoisotopic (exact) mass is 541 g/mol. The lowest BCUT2D eigenvalue weighted by atomic mass is 9.41. The van der Waals surface area contributed by atoms with Gasteiger partial charge in [0.2, 0.25) is 0 Å². The lowest BCUT2D eigenvalue weighted by Crippen LogP contribution is -2.70. The van der Waals surface area contributed by atoms with E-state index in [4.69, 9.17) is 18.8 Å². The molecule has 0 aromatic heterocycles. The predicted octanol–water partition coefficient (Wildman–Crippen LogP) is 6.48. The Morgan fingerprint density at radius 2 is 1.79 bits per heavy atom. The second-order valence-electron chi connectivity index (χ2n) is 13.9. The van der Waals surface area contributed by atoms with E-state index in [2.05, 4.69) is 39.9 Å². The van der Waals surface area contributed by atoms with E-state index in [9.17, 15) is 9.59 Å². The Labute approximate surface area is 235 Å². The Bertz CT molecular complexity index is 1030. The zero-order valence-corrected chi connectivity index (χ0v) is 25.2. The number of nitrogens with one attached hydrogen (secondary N) is 1. The number of rotatable bonds is 10. The summed E-state index contributed by atoms with van der Waals surface area (Å²) in [6, 6.07) is 9.63. The average Bonchev–Trinajstić information content (AvgIpc) is 3.14. The van der Waals surface area contributed by atoms with Gasteiger partial charge in [0.25, 0.3) is 0 Å². The van der Waals surface area contributed by atoms with Crippen molar-refractivity contribution in [3.8, 4) is 0 Å². The van der Waals surface area contributed by atoms with Crippen molar-refractivity contribution in [1.29, 1.82) is 0 Å². The third kappa shape index (κ3) is 6.32. The molecule has 4 aliphatic rings. The molecule has 1 heterocycles. The van der Waals surface area contributed by atoms with Crippen molar-refractivity contribution < 1.29 is 28.4 Å². The van der Waals surface area contributed by atoms with E-state index in [0.717, 1.165) is 31.2 Å². The highest BCUT2D eigenvalue weighted by molar-refractivity contribution is 6.48. The summed E-state index contributed by atoms with van der Waals surface area (Å²) in [5.41, 5.74) is -0.206. The molecular weight excluding hydrogens is 493 g/mol. The van der Waals surface area contributed by atoms with Crippen LogP contribution in [0.3, 0.4) is 0 Å². The van der Waals surface area contributed by atoms with Gasteiger partial charge in [0, 0.05) is 6.42 Å². The van der Waals surface area contributed by atoms with Crippen molar-refractivity contribution in [3.05, 3.63) is 35.9 Å². The number of carbonyl (C=O) groups is 2. The van der Waals surface area contributed by atoms with E-state index in [-0.39, 0.29) is 23.9 Å². The molecular formula is C31H48BNO6. The molecule has 1 aromatic carbocycles. The van der Waals surface area contributed by atoms with Crippen molar-refractivity contribution in [2.24, 2.45) is 23.2 Å². The molecule has 6 atom stereocenters. The van der Waals surface area contributed by atoms with Crippen molar-refractivity contribution in [2.75, 3.05) is 0 Å². The quantitative estimate of drug-likeness (QED) is 0.270. The van der Waals surface area contributed by atoms with Gasteiger partial charge >= 0.3 is 19.2 Å². The van der Waals surface area contributed by atoms with Crippen LogP contribution in [-0.4, -0.2) is 41.9 Å². The zero-order chi connectivity index (χ0) is 28.6. The average molecular weight is 542 g/mol. The minimum absolute atomic E-state index is 0.131. The van der Waals surface area contributed by atoms with Crippen molar-refractivity contribution in [2.45, 2.75) is 123 Å². The summed E-state index contributed by atoms with van der Waals surface area (Å²) in [7, 11) is -0.585. The minimum Gasteiger partial charge on any atom is -0.460 e. The molecule has 1 aromatic rings. The number of ether oxygens (including phenoxy) is 2. The Morgan fingerprint density at radius 1 is 1.10 bits per heavy atom. The molecule has 216 valence electrons. The van der Waals surface area contributed by atoms with Crippen molar-refractivity contribution in [1.82, 2.24) is 5.32 Å². The van der Waals surface area contributed by atoms with Crippen LogP contribution in [0.4, 0.5) is 4.79 Å². The fourth-order valence-corrected chi connectivity index (χ4v) is 7.07. The van der Waals surface area contributed by atoms with E-state index in [0.29, 0.717) is 24.7 Å². The molecule has 39 heavy (non-hydrogen) atoms. The van der Waals surface area contributed by atoms with Gasteiger partial charge in [-0.25, -0.2) is 4.79 Å². The van der Waals surface area contributed by atoms with Gasteiger partial charge in [-0.1, -0.05) is 57.5 Å². The van der Waals surface area contributed by atoms with Crippen LogP contribution in [0.5, 0.6) is 0 Å². The third-order valence-electron chi connectivity index (χ3n) is 9.74. The molecule has 8 heteroatoms. The molecule has 1 amide bonds. The predicted molar refractivity (Wildman–Crippen MR) is 152 cm³/mol. The summed E-state index contributed by atoms with van der Waals surface area (Å²) in [5.74, 6) is 0.553. The highest BCUT2D eigenvalue weighted by atomic mass is 16.7. The molecule has 2 bridgehead atoms. The van der Waals surface area contributed by atoms with Gasteiger partial charge in [-0.3, -0.25) is 4.79 Å². The standard InChI is InChI=1S/C31H48BNO6/c1-9-21(17-26(34)37-28(2,3)4)15-16-25(33-27(35)36-20-22-13-11-10-12-14-22)32-38-30(7)19-23-18-24(29(23,5)6)31(30,8)39-32/h10-14,21,23-25H,9,15-20H2,1-8H3,(H,33,35)/t21-,23-,24-,25-,30+,31-/m0/s1. The number of hydrogen-bond acceptors (Lipinski definition) is 6. The Kier molecular flexibility index (Phi) is 8.50. The maximum Gasteiger partial charge on any atom is 0.482 e. The molecule has 1 saturated heterocycles. The van der Waals surface area contributed by atoms with Crippen LogP contribution in [-0.2, 0) is 30.2 Å². The number of benzene rings is 1. The maximum absolute atomic E-state index is 13.0. The van der Waals surface area contributed by atoms with Gasteiger partial charge in [0.1, 0.15) is 12.2 Å². The van der Waals surface area contributed by atoms with Gasteiger partial charge in [-0.15, -0.1) is 0 Å². The highest BCUT2D eigenvalue weighted by Gasteiger charge is 2.73. The van der Waals surface area contributed by atoms with Gasteiger partial charge in [0.05, 0.1) is 17.1 Å². The lowest BCUT2D eigenvalue weighted by molar-refractivity contribution is -0.235. The number of hydrogen-bond donors (Lipinski definition) is 1. The van der Waals surface area contributed by atoms with Gasteiger partial charge in [0.15, 0.2) is 0 Å². The highest BCUT2D eigenvalue weighted by Crippen LogP contribution is 2.69. The van der Waals surface area contributed by atoms with Crippen LogP contribution in [0.25, 0.3) is 0 Å². The summed E-state index contributed by atoms with van der Waals surface area (Å²) in [6.45, 7) is 17.0. The lowest BCUT2D eigenvalue weighted by Gasteiger charge is -2.67. The SMILES string of the molecule is CC[C@@H](CC[C@H](NC(=O)OCc1ccccc1)B1O[C@]2(C)C[C@@H]3C[C@@H](C3(C)C)[C@]2(C)O1)CC(=O)OC(C)(C)C. The van der Waals surface area contributed by atoms with E-state index < -0.39 is 36.0 Å². The number of carbonyl (C=O) groups excluding carboxylic acids is 2. The molecule has 5 rings (SSSR count). The summed E-state index contributed by atoms with van der Waals surface area (Å²) >= 11 is 0. The number of amides is 1.